The van der Waals surface area contributed by atoms with Crippen LogP contribution in [-0.2, 0) is 0 Å². The van der Waals surface area contributed by atoms with Crippen LogP contribution in [-0.4, -0.2) is 36.6 Å². The van der Waals surface area contributed by atoms with Gasteiger partial charge in [0.05, 0.1) is 6.07 Å². The molecule has 0 heterocycles. The molecule has 3 nitrogen and oxygen atoms in total. The van der Waals surface area contributed by atoms with Gasteiger partial charge in [-0.25, -0.2) is 0 Å². The molecule has 0 aromatic carbocycles. The van der Waals surface area contributed by atoms with E-state index in [9.17, 15) is 5.26 Å². The van der Waals surface area contributed by atoms with Crippen molar-refractivity contribution < 1.29 is 0 Å². The zero-order valence-corrected chi connectivity index (χ0v) is 11.6. The Kier molecular flexibility index (Phi) is 5.94. The van der Waals surface area contributed by atoms with Crippen LogP contribution in [0.3, 0.4) is 0 Å². The molecule has 0 aromatic heterocycles. The van der Waals surface area contributed by atoms with E-state index in [2.05, 4.69) is 30.3 Å². The van der Waals surface area contributed by atoms with E-state index < -0.39 is 0 Å². The second kappa shape index (κ2) is 6.98. The molecule has 1 aliphatic rings. The first kappa shape index (κ1) is 14.5. The number of nitrogens with zero attached hydrogens (tertiary/aromatic N) is 2. The van der Waals surface area contributed by atoms with Crippen LogP contribution in [0.1, 0.15) is 52.4 Å². The van der Waals surface area contributed by atoms with E-state index in [4.69, 9.17) is 0 Å². The fourth-order valence-corrected chi connectivity index (χ4v) is 2.68. The molecular formula is C14H27N3. The van der Waals surface area contributed by atoms with Crippen molar-refractivity contribution in [1.82, 2.24) is 10.2 Å². The molecule has 0 saturated heterocycles. The average molecular weight is 237 g/mol. The van der Waals surface area contributed by atoms with Crippen molar-refractivity contribution in [2.24, 2.45) is 0 Å². The summed E-state index contributed by atoms with van der Waals surface area (Å²) < 4.78 is 0. The highest BCUT2D eigenvalue weighted by atomic mass is 15.1. The molecule has 1 rings (SSSR count). The smallest absolute Gasteiger partial charge is 0.105 e. The van der Waals surface area contributed by atoms with Crippen LogP contribution in [0.15, 0.2) is 0 Å². The predicted octanol–water partition coefficient (Wildman–Crippen LogP) is 2.53. The van der Waals surface area contributed by atoms with E-state index in [1.165, 1.54) is 32.1 Å². The van der Waals surface area contributed by atoms with Crippen molar-refractivity contribution in [2.75, 3.05) is 20.1 Å². The van der Waals surface area contributed by atoms with Gasteiger partial charge in [-0.2, -0.15) is 5.26 Å². The number of nitriles is 1. The van der Waals surface area contributed by atoms with E-state index in [1.54, 1.807) is 0 Å². The highest BCUT2D eigenvalue weighted by molar-refractivity contribution is 5.03. The zero-order chi connectivity index (χ0) is 12.7. The molecular weight excluding hydrogens is 210 g/mol. The van der Waals surface area contributed by atoms with Crippen molar-refractivity contribution in [3.05, 3.63) is 0 Å². The minimum atomic E-state index is -0.363. The lowest BCUT2D eigenvalue weighted by Gasteiger charge is -2.33. The Morgan fingerprint density at radius 3 is 2.53 bits per heavy atom. The minimum Gasteiger partial charge on any atom is -0.303 e. The summed E-state index contributed by atoms with van der Waals surface area (Å²) in [5.41, 5.74) is -0.363. The topological polar surface area (TPSA) is 39.1 Å². The maximum atomic E-state index is 9.21. The summed E-state index contributed by atoms with van der Waals surface area (Å²) in [7, 11) is 2.21. The highest BCUT2D eigenvalue weighted by Gasteiger charge is 2.24. The third-order valence-corrected chi connectivity index (χ3v) is 3.98. The fourth-order valence-electron chi connectivity index (χ4n) is 2.68. The predicted molar refractivity (Wildman–Crippen MR) is 71.8 cm³/mol. The summed E-state index contributed by atoms with van der Waals surface area (Å²) in [6.07, 6.45) is 7.72. The van der Waals surface area contributed by atoms with Crippen LogP contribution >= 0.6 is 0 Å². The lowest BCUT2D eigenvalue weighted by Crippen LogP contribution is -2.45. The monoisotopic (exact) mass is 237 g/mol. The molecule has 98 valence electrons. The van der Waals surface area contributed by atoms with Gasteiger partial charge in [0.2, 0.25) is 0 Å². The normalized spacial score (nSPS) is 21.1. The van der Waals surface area contributed by atoms with Gasteiger partial charge < -0.3 is 4.90 Å². The second-order valence-corrected chi connectivity index (χ2v) is 5.50. The Balaban J connectivity index is 2.35. The van der Waals surface area contributed by atoms with Crippen LogP contribution in [0.4, 0.5) is 0 Å². The van der Waals surface area contributed by atoms with Gasteiger partial charge in [0.15, 0.2) is 0 Å². The van der Waals surface area contributed by atoms with Gasteiger partial charge in [-0.3, -0.25) is 5.32 Å². The summed E-state index contributed by atoms with van der Waals surface area (Å²) in [6, 6.07) is 3.14. The van der Waals surface area contributed by atoms with E-state index in [0.29, 0.717) is 0 Å². The van der Waals surface area contributed by atoms with Gasteiger partial charge in [0.25, 0.3) is 0 Å². The maximum absolute atomic E-state index is 9.21. The Labute approximate surface area is 106 Å². The summed E-state index contributed by atoms with van der Waals surface area (Å²) in [5, 5.41) is 12.5. The fraction of sp³-hybridized carbons (Fsp3) is 0.929. The standard InChI is InChI=1S/C14H27N3/c1-4-16-14(2,12-15)10-11-17(3)13-8-6-5-7-9-13/h13,16H,4-11H2,1-3H3. The second-order valence-electron chi connectivity index (χ2n) is 5.50. The first-order valence-electron chi connectivity index (χ1n) is 6.98. The largest absolute Gasteiger partial charge is 0.303 e. The number of hydrogen-bond acceptors (Lipinski definition) is 3. The average Bonchev–Trinajstić information content (AvgIpc) is 2.37. The lowest BCUT2D eigenvalue weighted by atomic mass is 9.93. The van der Waals surface area contributed by atoms with Gasteiger partial charge in [-0.15, -0.1) is 0 Å². The van der Waals surface area contributed by atoms with Gasteiger partial charge in [0.1, 0.15) is 5.54 Å². The van der Waals surface area contributed by atoms with Crippen LogP contribution in [0, 0.1) is 11.3 Å². The number of nitrogens with one attached hydrogen (secondary N) is 1. The molecule has 1 unspecified atom stereocenters. The van der Waals surface area contributed by atoms with E-state index in [1.807, 2.05) is 6.92 Å². The van der Waals surface area contributed by atoms with E-state index in [0.717, 1.165) is 25.6 Å². The molecule has 1 saturated carbocycles. The summed E-state index contributed by atoms with van der Waals surface area (Å²) in [4.78, 5) is 2.45. The highest BCUT2D eigenvalue weighted by Crippen LogP contribution is 2.22. The van der Waals surface area contributed by atoms with Gasteiger partial charge in [-0.05, 0) is 39.8 Å². The Hall–Kier alpha value is -0.590. The van der Waals surface area contributed by atoms with Gasteiger partial charge in [0, 0.05) is 12.6 Å². The molecule has 0 aromatic rings. The first-order chi connectivity index (χ1) is 8.11. The Morgan fingerprint density at radius 2 is 2.00 bits per heavy atom. The number of rotatable bonds is 6. The summed E-state index contributed by atoms with van der Waals surface area (Å²) in [6.45, 7) is 5.94. The molecule has 0 spiro atoms. The van der Waals surface area contributed by atoms with E-state index in [-0.39, 0.29) is 5.54 Å². The molecule has 0 amide bonds. The van der Waals surface area contributed by atoms with Crippen LogP contribution in [0.2, 0.25) is 0 Å². The molecule has 1 fully saturated rings. The summed E-state index contributed by atoms with van der Waals surface area (Å²) >= 11 is 0. The van der Waals surface area contributed by atoms with Crippen LogP contribution < -0.4 is 5.32 Å². The molecule has 1 N–H and O–H groups in total. The van der Waals surface area contributed by atoms with Gasteiger partial charge >= 0.3 is 0 Å². The maximum Gasteiger partial charge on any atom is 0.105 e. The SMILES string of the molecule is CCNC(C)(C#N)CCN(C)C1CCCCC1. The zero-order valence-electron chi connectivity index (χ0n) is 11.6. The van der Waals surface area contributed by atoms with Crippen molar-refractivity contribution in [3.63, 3.8) is 0 Å². The lowest BCUT2D eigenvalue weighted by molar-refractivity contribution is 0.178. The molecule has 1 aliphatic carbocycles. The Morgan fingerprint density at radius 1 is 1.35 bits per heavy atom. The molecule has 0 radical (unpaired) electrons. The van der Waals surface area contributed by atoms with Crippen molar-refractivity contribution in [3.8, 4) is 6.07 Å². The number of hydrogen-bond donors (Lipinski definition) is 1. The van der Waals surface area contributed by atoms with Crippen molar-refractivity contribution in [1.29, 1.82) is 5.26 Å². The van der Waals surface area contributed by atoms with Crippen molar-refractivity contribution in [2.45, 2.75) is 64.0 Å². The van der Waals surface area contributed by atoms with E-state index >= 15 is 0 Å². The first-order valence-corrected chi connectivity index (χ1v) is 6.98. The van der Waals surface area contributed by atoms with Gasteiger partial charge in [-0.1, -0.05) is 26.2 Å². The van der Waals surface area contributed by atoms with Crippen LogP contribution in [0.5, 0.6) is 0 Å². The molecule has 1 atom stereocenters. The molecule has 3 heteroatoms. The molecule has 17 heavy (non-hydrogen) atoms. The molecule has 0 bridgehead atoms. The third-order valence-electron chi connectivity index (χ3n) is 3.98. The molecule has 0 aliphatic heterocycles. The summed E-state index contributed by atoms with van der Waals surface area (Å²) in [5.74, 6) is 0. The van der Waals surface area contributed by atoms with Crippen LogP contribution in [0.25, 0.3) is 0 Å². The minimum absolute atomic E-state index is 0.363. The van der Waals surface area contributed by atoms with Crippen molar-refractivity contribution >= 4 is 0 Å². The Bertz CT molecular complexity index is 253. The third kappa shape index (κ3) is 4.65. The quantitative estimate of drug-likeness (QED) is 0.771.